The Morgan fingerprint density at radius 1 is 0.630 bits per heavy atom. The fourth-order valence-corrected chi connectivity index (χ4v) is 9.69. The van der Waals surface area contributed by atoms with Gasteiger partial charge < -0.3 is 84.1 Å². The number of benzene rings is 1. The minimum atomic E-state index is -1.61. The second-order valence-electron chi connectivity index (χ2n) is 20.5. The lowest BCUT2D eigenvalue weighted by atomic mass is 10.0. The molecule has 29 nitrogen and oxygen atoms in total. The smallest absolute Gasteiger partial charge is 0.326 e. The van der Waals surface area contributed by atoms with E-state index in [1.165, 1.54) is 47.4 Å². The van der Waals surface area contributed by atoms with Gasteiger partial charge in [0.15, 0.2) is 5.96 Å². The third kappa shape index (κ3) is 18.1. The van der Waals surface area contributed by atoms with Crippen molar-refractivity contribution in [2.24, 2.45) is 28.1 Å². The van der Waals surface area contributed by atoms with Crippen molar-refractivity contribution >= 4 is 59.2 Å². The Bertz CT molecular complexity index is 2760. The highest BCUT2D eigenvalue weighted by Gasteiger charge is 2.43. The van der Waals surface area contributed by atoms with E-state index in [4.69, 9.17) is 17.2 Å². The summed E-state index contributed by atoms with van der Waals surface area (Å²) in [5.41, 5.74) is 19.1. The number of aliphatic hydroxyl groups excluding tert-OH is 1. The summed E-state index contributed by atoms with van der Waals surface area (Å²) < 4.78 is 0. The molecule has 0 unspecified atom stereocenters. The van der Waals surface area contributed by atoms with Crippen molar-refractivity contribution in [3.8, 4) is 0 Å². The van der Waals surface area contributed by atoms with E-state index in [0.29, 0.717) is 41.9 Å². The highest BCUT2D eigenvalue weighted by Crippen LogP contribution is 2.23. The van der Waals surface area contributed by atoms with Gasteiger partial charge in [-0.25, -0.2) is 19.7 Å². The van der Waals surface area contributed by atoms with Gasteiger partial charge in [0.1, 0.15) is 48.3 Å². The van der Waals surface area contributed by atoms with E-state index in [1.807, 2.05) is 0 Å². The molecule has 0 aliphatic carbocycles. The lowest BCUT2D eigenvalue weighted by Crippen LogP contribution is -2.61. The van der Waals surface area contributed by atoms with Gasteiger partial charge in [0.2, 0.25) is 47.3 Å². The number of aromatic nitrogens is 6. The zero-order valence-corrected chi connectivity index (χ0v) is 45.2. The summed E-state index contributed by atoms with van der Waals surface area (Å²) >= 11 is 0. The largest absolute Gasteiger partial charge is 0.480 e. The zero-order valence-electron chi connectivity index (χ0n) is 45.2. The van der Waals surface area contributed by atoms with E-state index in [1.54, 1.807) is 44.2 Å². The number of hydrogen-bond acceptors (Lipinski definition) is 15. The SMILES string of the molecule is CC(C)C[C@H](NC(=O)[C@H](Cc1cnc[nH]1)NC(=O)[C@@H]1CCCN1C(=O)[C@H](Cc1cnc[nH]1)NC(=O)[C@@H]1CCCN1C(=O)[C@H](Cc1cnc[nH]1)NC(=O)[C@@H](N)CCCN=C(N)N)C(=O)N[C@@H](CO)C(=O)N[C@@H](Cc1ccccc1)C(=O)O. The van der Waals surface area contributed by atoms with E-state index >= 15 is 0 Å². The number of imidazole rings is 3. The first-order chi connectivity index (χ1) is 38.8. The maximum Gasteiger partial charge on any atom is 0.326 e. The first-order valence-corrected chi connectivity index (χ1v) is 26.8. The third-order valence-electron chi connectivity index (χ3n) is 13.8. The lowest BCUT2D eigenvalue weighted by molar-refractivity contribution is -0.144. The Balaban J connectivity index is 1.15. The van der Waals surface area contributed by atoms with Gasteiger partial charge in [0, 0.05) is 81.0 Å². The van der Waals surface area contributed by atoms with Crippen LogP contribution in [0.25, 0.3) is 0 Å². The molecule has 8 amide bonds. The van der Waals surface area contributed by atoms with Crippen LogP contribution in [0.2, 0.25) is 0 Å². The van der Waals surface area contributed by atoms with Crippen LogP contribution < -0.4 is 49.1 Å². The number of H-pyrrole nitrogens is 3. The first kappa shape index (κ1) is 61.5. The molecule has 6 rings (SSSR count). The Kier molecular flexibility index (Phi) is 22.8. The predicted octanol–water partition coefficient (Wildman–Crippen LogP) is -3.48. The first-order valence-electron chi connectivity index (χ1n) is 26.8. The van der Waals surface area contributed by atoms with Crippen molar-refractivity contribution < 1.29 is 53.4 Å². The fraction of sp³-hybridized carbons (Fsp3) is 0.519. The topological polar surface area (TPSA) is 449 Å². The molecule has 9 atom stereocenters. The van der Waals surface area contributed by atoms with Gasteiger partial charge in [0.25, 0.3) is 0 Å². The molecule has 81 heavy (non-hydrogen) atoms. The molecular formula is C52H74N18O11. The van der Waals surface area contributed by atoms with Crippen LogP contribution in [0.15, 0.2) is 72.9 Å². The molecule has 438 valence electrons. The highest BCUT2D eigenvalue weighted by molar-refractivity contribution is 5.98. The molecule has 2 fully saturated rings. The van der Waals surface area contributed by atoms with Crippen LogP contribution >= 0.6 is 0 Å². The monoisotopic (exact) mass is 1130 g/mol. The molecule has 17 N–H and O–H groups in total. The van der Waals surface area contributed by atoms with Crippen molar-refractivity contribution in [1.29, 1.82) is 0 Å². The number of carbonyl (C=O) groups is 9. The predicted molar refractivity (Wildman–Crippen MR) is 290 cm³/mol. The number of likely N-dealkylation sites (tertiary alicyclic amines) is 2. The second-order valence-corrected chi connectivity index (χ2v) is 20.5. The molecule has 5 heterocycles. The normalized spacial score (nSPS) is 17.6. The Morgan fingerprint density at radius 3 is 1.57 bits per heavy atom. The van der Waals surface area contributed by atoms with Crippen LogP contribution in [-0.4, -0.2) is 190 Å². The van der Waals surface area contributed by atoms with E-state index in [2.05, 4.69) is 66.8 Å². The molecular weight excluding hydrogens is 1050 g/mol. The zero-order chi connectivity index (χ0) is 58.6. The number of carboxylic acid groups (broad SMARTS) is 1. The number of guanidine groups is 1. The molecule has 2 aliphatic heterocycles. The van der Waals surface area contributed by atoms with Crippen LogP contribution in [0, 0.1) is 5.92 Å². The molecule has 0 saturated carbocycles. The van der Waals surface area contributed by atoms with Gasteiger partial charge in [-0.3, -0.25) is 43.3 Å². The van der Waals surface area contributed by atoms with Crippen LogP contribution in [-0.2, 0) is 68.8 Å². The maximum absolute atomic E-state index is 14.8. The number of carbonyl (C=O) groups excluding carboxylic acids is 8. The van der Waals surface area contributed by atoms with Gasteiger partial charge >= 0.3 is 5.97 Å². The van der Waals surface area contributed by atoms with Crippen molar-refractivity contribution in [1.82, 2.24) is 71.6 Å². The van der Waals surface area contributed by atoms with Crippen LogP contribution in [0.5, 0.6) is 0 Å². The summed E-state index contributed by atoms with van der Waals surface area (Å²) in [5, 5.41) is 35.9. The number of rotatable bonds is 30. The number of aliphatic hydroxyl groups is 1. The lowest BCUT2D eigenvalue weighted by Gasteiger charge is -2.32. The standard InChI is InChI=1S/C52H74N18O11/c1-29(2)17-35(44(73)68-40(25-71)46(75)67-39(51(80)81)18-30-9-4-3-5-10-30)63-45(74)36(19-31-22-56-26-60-31)64-47(76)41-12-7-15-69(41)50(79)38(21-33-24-58-28-62-33)66-48(77)42-13-8-16-70(42)49(78)37(20-32-23-57-27-61-32)65-43(72)34(53)11-6-14-59-52(54)55/h3-5,9-10,22-24,26-29,34-42,71H,6-8,11-21,25,53H2,1-2H3,(H,56,60)(H,57,61)(H,58,62)(H,63,74)(H,64,76)(H,65,72)(H,66,77)(H,67,75)(H,68,73)(H,80,81)(H4,54,55,59)/t34-,35-,36-,37-,38-,39-,40-,41-,42-/m0/s1. The second kappa shape index (κ2) is 30.0. The number of nitrogens with one attached hydrogen (secondary N) is 9. The Labute approximate surface area is 466 Å². The number of aliphatic carboxylic acids is 1. The summed E-state index contributed by atoms with van der Waals surface area (Å²) in [4.78, 5) is 153. The summed E-state index contributed by atoms with van der Waals surface area (Å²) in [5.74, 6) is -7.50. The minimum Gasteiger partial charge on any atom is -0.480 e. The van der Waals surface area contributed by atoms with Crippen LogP contribution in [0.3, 0.4) is 0 Å². The average molecular weight is 1130 g/mol. The molecule has 0 radical (unpaired) electrons. The summed E-state index contributed by atoms with van der Waals surface area (Å²) in [6.07, 6.45) is 10.1. The van der Waals surface area contributed by atoms with Crippen LogP contribution in [0.1, 0.15) is 81.4 Å². The third-order valence-corrected chi connectivity index (χ3v) is 13.8. The number of nitrogens with zero attached hydrogens (tertiary/aromatic N) is 6. The van der Waals surface area contributed by atoms with E-state index in [-0.39, 0.29) is 82.9 Å². The van der Waals surface area contributed by atoms with E-state index < -0.39 is 114 Å². The van der Waals surface area contributed by atoms with E-state index in [9.17, 15) is 53.4 Å². The quantitative estimate of drug-likeness (QED) is 0.0137. The number of hydrogen-bond donors (Lipinski definition) is 14. The molecule has 1 aromatic carbocycles. The van der Waals surface area contributed by atoms with Crippen molar-refractivity contribution in [2.45, 2.75) is 139 Å². The minimum absolute atomic E-state index is 0.00696. The molecule has 0 bridgehead atoms. The molecule has 0 spiro atoms. The maximum atomic E-state index is 14.8. The van der Waals surface area contributed by atoms with Crippen molar-refractivity contribution in [3.63, 3.8) is 0 Å². The number of amides is 8. The van der Waals surface area contributed by atoms with Crippen molar-refractivity contribution in [2.75, 3.05) is 26.2 Å². The van der Waals surface area contributed by atoms with Crippen LogP contribution in [0.4, 0.5) is 0 Å². The Hall–Kier alpha value is -8.73. The van der Waals surface area contributed by atoms with Gasteiger partial charge in [-0.2, -0.15) is 0 Å². The number of nitrogens with two attached hydrogens (primary N) is 3. The number of aliphatic imine (C=N–C) groups is 1. The summed E-state index contributed by atoms with van der Waals surface area (Å²) in [6.45, 7) is 3.16. The molecule has 4 aromatic rings. The van der Waals surface area contributed by atoms with Gasteiger partial charge in [-0.15, -0.1) is 0 Å². The molecule has 2 saturated heterocycles. The highest BCUT2D eigenvalue weighted by atomic mass is 16.4. The van der Waals surface area contributed by atoms with Gasteiger partial charge in [0.05, 0.1) is 31.6 Å². The average Bonchev–Trinajstić information content (AvgIpc) is 4.34. The van der Waals surface area contributed by atoms with Gasteiger partial charge in [-0.1, -0.05) is 44.2 Å². The van der Waals surface area contributed by atoms with Gasteiger partial charge in [-0.05, 0) is 56.4 Å². The fourth-order valence-electron chi connectivity index (χ4n) is 9.69. The number of carboxylic acids is 1. The molecule has 3 aromatic heterocycles. The Morgan fingerprint density at radius 2 is 1.09 bits per heavy atom. The summed E-state index contributed by atoms with van der Waals surface area (Å²) in [7, 11) is 0. The van der Waals surface area contributed by atoms with Crippen molar-refractivity contribution in [3.05, 3.63) is 90.5 Å². The van der Waals surface area contributed by atoms with E-state index in [0.717, 1.165) is 0 Å². The number of aromatic amines is 3. The molecule has 2 aliphatic rings. The molecule has 29 heteroatoms. The summed E-state index contributed by atoms with van der Waals surface area (Å²) in [6, 6.07) is -2.82.